The summed E-state index contributed by atoms with van der Waals surface area (Å²) in [7, 11) is 0. The molecule has 2 saturated carbocycles. The van der Waals surface area contributed by atoms with E-state index in [9.17, 15) is 0 Å². The van der Waals surface area contributed by atoms with E-state index in [1.807, 2.05) is 0 Å². The number of rotatable bonds is 1. The van der Waals surface area contributed by atoms with Crippen molar-refractivity contribution < 1.29 is 0 Å². The lowest BCUT2D eigenvalue weighted by atomic mass is 9.77. The first kappa shape index (κ1) is 12.7. The highest BCUT2D eigenvalue weighted by molar-refractivity contribution is 5.89. The SMILES string of the molecule is Cc1cccc2c1C1C(/C2=C/c2ccccc2)[C@@H]2CC[C@H]1C2. The Morgan fingerprint density at radius 1 is 0.864 bits per heavy atom. The molecule has 0 aliphatic heterocycles. The molecule has 2 bridgehead atoms. The predicted molar refractivity (Wildman–Crippen MR) is 92.6 cm³/mol. The van der Waals surface area contributed by atoms with Crippen LogP contribution in [0.4, 0.5) is 0 Å². The molecule has 3 aliphatic carbocycles. The van der Waals surface area contributed by atoms with Gasteiger partial charge in [-0.3, -0.25) is 0 Å². The molecule has 2 aromatic carbocycles. The van der Waals surface area contributed by atoms with E-state index in [4.69, 9.17) is 0 Å². The highest BCUT2D eigenvalue weighted by Gasteiger charge is 2.53. The summed E-state index contributed by atoms with van der Waals surface area (Å²) in [6, 6.07) is 17.8. The summed E-state index contributed by atoms with van der Waals surface area (Å²) >= 11 is 0. The van der Waals surface area contributed by atoms with Gasteiger partial charge in [-0.25, -0.2) is 0 Å². The Labute approximate surface area is 132 Å². The maximum atomic E-state index is 2.48. The van der Waals surface area contributed by atoms with Gasteiger partial charge in [0.15, 0.2) is 0 Å². The molecule has 0 N–H and O–H groups in total. The fraction of sp³-hybridized carbons (Fsp3) is 0.364. The zero-order valence-corrected chi connectivity index (χ0v) is 13.1. The van der Waals surface area contributed by atoms with Crippen LogP contribution >= 0.6 is 0 Å². The average Bonchev–Trinajstić information content (AvgIpc) is 3.21. The van der Waals surface area contributed by atoms with Crippen LogP contribution in [0.25, 0.3) is 11.6 Å². The highest BCUT2D eigenvalue weighted by atomic mass is 14.6. The zero-order valence-electron chi connectivity index (χ0n) is 13.1. The highest BCUT2D eigenvalue weighted by Crippen LogP contribution is 2.65. The van der Waals surface area contributed by atoms with Crippen LogP contribution in [0, 0.1) is 24.7 Å². The molecule has 0 spiro atoms. The van der Waals surface area contributed by atoms with Crippen LogP contribution < -0.4 is 0 Å². The third-order valence-corrected chi connectivity index (χ3v) is 6.37. The Morgan fingerprint density at radius 3 is 2.45 bits per heavy atom. The maximum absolute atomic E-state index is 2.48. The molecule has 0 radical (unpaired) electrons. The molecule has 0 nitrogen and oxygen atoms in total. The van der Waals surface area contributed by atoms with E-state index in [0.29, 0.717) is 0 Å². The molecule has 22 heavy (non-hydrogen) atoms. The fourth-order valence-electron chi connectivity index (χ4n) is 5.61. The second-order valence-corrected chi connectivity index (χ2v) is 7.43. The van der Waals surface area contributed by atoms with Crippen LogP contribution in [0.3, 0.4) is 0 Å². The predicted octanol–water partition coefficient (Wildman–Crippen LogP) is 5.68. The zero-order chi connectivity index (χ0) is 14.7. The first-order valence-electron chi connectivity index (χ1n) is 8.69. The molecule has 2 unspecified atom stereocenters. The molecule has 0 amide bonds. The first-order chi connectivity index (χ1) is 10.8. The van der Waals surface area contributed by atoms with Gasteiger partial charge in [0.1, 0.15) is 0 Å². The Kier molecular flexibility index (Phi) is 2.65. The molecule has 4 atom stereocenters. The van der Waals surface area contributed by atoms with E-state index in [1.165, 1.54) is 30.4 Å². The molecular weight excluding hydrogens is 264 g/mol. The first-order valence-corrected chi connectivity index (χ1v) is 8.69. The van der Waals surface area contributed by atoms with Crippen molar-refractivity contribution in [2.45, 2.75) is 32.1 Å². The van der Waals surface area contributed by atoms with Gasteiger partial charge in [-0.05, 0) is 77.7 Å². The van der Waals surface area contributed by atoms with Crippen LogP contribution in [-0.4, -0.2) is 0 Å². The number of allylic oxidation sites excluding steroid dienone is 1. The van der Waals surface area contributed by atoms with Gasteiger partial charge in [0.25, 0.3) is 0 Å². The van der Waals surface area contributed by atoms with E-state index >= 15 is 0 Å². The molecule has 5 rings (SSSR count). The summed E-state index contributed by atoms with van der Waals surface area (Å²) in [6.45, 7) is 2.31. The normalized spacial score (nSPS) is 33.2. The van der Waals surface area contributed by atoms with Crippen LogP contribution in [-0.2, 0) is 0 Å². The van der Waals surface area contributed by atoms with Crippen LogP contribution in [0.5, 0.6) is 0 Å². The van der Waals surface area contributed by atoms with Crippen molar-refractivity contribution in [3.63, 3.8) is 0 Å². The monoisotopic (exact) mass is 286 g/mol. The minimum Gasteiger partial charge on any atom is -0.0622 e. The Morgan fingerprint density at radius 2 is 1.64 bits per heavy atom. The van der Waals surface area contributed by atoms with Gasteiger partial charge in [-0.1, -0.05) is 54.6 Å². The Hall–Kier alpha value is -1.82. The Bertz CT molecular complexity index is 753. The quantitative estimate of drug-likeness (QED) is 0.632. The van der Waals surface area contributed by atoms with E-state index in [2.05, 4.69) is 61.5 Å². The second kappa shape index (κ2) is 4.59. The summed E-state index contributed by atoms with van der Waals surface area (Å²) in [6.07, 6.45) is 6.85. The van der Waals surface area contributed by atoms with E-state index in [-0.39, 0.29) is 0 Å². The van der Waals surface area contributed by atoms with Gasteiger partial charge in [-0.2, -0.15) is 0 Å². The van der Waals surface area contributed by atoms with Crippen molar-refractivity contribution in [1.82, 2.24) is 0 Å². The third-order valence-electron chi connectivity index (χ3n) is 6.37. The summed E-state index contributed by atoms with van der Waals surface area (Å²) in [4.78, 5) is 0. The molecule has 0 aromatic heterocycles. The minimum absolute atomic E-state index is 0.787. The third kappa shape index (κ3) is 1.64. The summed E-state index contributed by atoms with van der Waals surface area (Å²) in [5.74, 6) is 3.47. The summed E-state index contributed by atoms with van der Waals surface area (Å²) in [5, 5.41) is 0. The molecule has 3 aliphatic rings. The number of hydrogen-bond donors (Lipinski definition) is 0. The average molecular weight is 286 g/mol. The van der Waals surface area contributed by atoms with Crippen molar-refractivity contribution in [3.8, 4) is 0 Å². The molecule has 0 heterocycles. The molecule has 0 heteroatoms. The van der Waals surface area contributed by atoms with Crippen molar-refractivity contribution in [2.24, 2.45) is 17.8 Å². The standard InChI is InChI=1S/C22H22/c1-14-6-5-9-18-19(12-15-7-3-2-4-8-15)21-16-10-11-17(13-16)22(21)20(14)18/h2-9,12,16-17,21-22H,10-11,13H2,1H3/b19-12+/t16-,17+,21?,22?/m1/s1. The van der Waals surface area contributed by atoms with Gasteiger partial charge in [0, 0.05) is 0 Å². The van der Waals surface area contributed by atoms with Crippen molar-refractivity contribution in [1.29, 1.82) is 0 Å². The molecule has 110 valence electrons. The van der Waals surface area contributed by atoms with Gasteiger partial charge < -0.3 is 0 Å². The van der Waals surface area contributed by atoms with Crippen LogP contribution in [0.15, 0.2) is 48.5 Å². The van der Waals surface area contributed by atoms with Gasteiger partial charge in [0.2, 0.25) is 0 Å². The van der Waals surface area contributed by atoms with Crippen LogP contribution in [0.1, 0.15) is 47.4 Å². The Balaban J connectivity index is 1.72. The van der Waals surface area contributed by atoms with Crippen molar-refractivity contribution in [2.75, 3.05) is 0 Å². The molecular formula is C22H22. The van der Waals surface area contributed by atoms with E-state index in [0.717, 1.165) is 23.7 Å². The lowest BCUT2D eigenvalue weighted by molar-refractivity contribution is 0.364. The molecule has 0 saturated heterocycles. The van der Waals surface area contributed by atoms with Gasteiger partial charge in [0.05, 0.1) is 0 Å². The van der Waals surface area contributed by atoms with Crippen molar-refractivity contribution in [3.05, 3.63) is 70.8 Å². The van der Waals surface area contributed by atoms with Gasteiger partial charge >= 0.3 is 0 Å². The number of hydrogen-bond acceptors (Lipinski definition) is 0. The van der Waals surface area contributed by atoms with Gasteiger partial charge in [-0.15, -0.1) is 0 Å². The van der Waals surface area contributed by atoms with Crippen LogP contribution in [0.2, 0.25) is 0 Å². The second-order valence-electron chi connectivity index (χ2n) is 7.43. The van der Waals surface area contributed by atoms with Crippen molar-refractivity contribution >= 4 is 11.6 Å². The maximum Gasteiger partial charge on any atom is -0.00531 e. The van der Waals surface area contributed by atoms with E-state index < -0.39 is 0 Å². The minimum atomic E-state index is 0.787. The fourth-order valence-corrected chi connectivity index (χ4v) is 5.61. The summed E-state index contributed by atoms with van der Waals surface area (Å²) in [5.41, 5.74) is 7.73. The summed E-state index contributed by atoms with van der Waals surface area (Å²) < 4.78 is 0. The lowest BCUT2D eigenvalue weighted by Gasteiger charge is -2.26. The largest absolute Gasteiger partial charge is 0.0622 e. The number of benzene rings is 2. The molecule has 2 fully saturated rings. The molecule has 2 aromatic rings. The number of aryl methyl sites for hydroxylation is 1. The number of fused-ring (bicyclic) bond motifs is 7. The topological polar surface area (TPSA) is 0 Å². The smallest absolute Gasteiger partial charge is 0.00531 e. The van der Waals surface area contributed by atoms with E-state index in [1.54, 1.807) is 16.7 Å². The lowest BCUT2D eigenvalue weighted by Crippen LogP contribution is -2.16.